The molecule has 2 aromatic rings. The molecule has 6 heteroatoms. The number of para-hydroxylation sites is 1. The van der Waals surface area contributed by atoms with Crippen molar-refractivity contribution in [2.75, 3.05) is 4.72 Å². The van der Waals surface area contributed by atoms with Gasteiger partial charge < -0.3 is 0 Å². The maximum absolute atomic E-state index is 12.4. The van der Waals surface area contributed by atoms with Crippen molar-refractivity contribution < 1.29 is 8.42 Å². The summed E-state index contributed by atoms with van der Waals surface area (Å²) in [7, 11) is -3.77. The molecule has 0 amide bonds. The number of hydrogen-bond acceptors (Lipinski definition) is 2. The Morgan fingerprint density at radius 1 is 1.10 bits per heavy atom. The van der Waals surface area contributed by atoms with Crippen molar-refractivity contribution in [2.45, 2.75) is 18.2 Å². The summed E-state index contributed by atoms with van der Waals surface area (Å²) in [5, 5.41) is 0.453. The lowest BCUT2D eigenvalue weighted by atomic mass is 10.1. The molecule has 0 atom stereocenters. The number of benzene rings is 2. The molecule has 0 saturated heterocycles. The fraction of sp³-hybridized carbons (Fsp3) is 0.143. The first-order valence-corrected chi connectivity index (χ1v) is 8.23. The van der Waals surface area contributed by atoms with Crippen molar-refractivity contribution in [3.05, 3.63) is 58.1 Å². The summed E-state index contributed by atoms with van der Waals surface area (Å²) in [6.07, 6.45) is 0.724. The van der Waals surface area contributed by atoms with E-state index in [1.165, 1.54) is 12.1 Å². The highest BCUT2D eigenvalue weighted by molar-refractivity contribution is 7.92. The van der Waals surface area contributed by atoms with E-state index in [1.807, 2.05) is 19.1 Å². The van der Waals surface area contributed by atoms with Gasteiger partial charge in [0, 0.05) is 5.02 Å². The summed E-state index contributed by atoms with van der Waals surface area (Å²) in [5.74, 6) is 0. The Morgan fingerprint density at radius 2 is 1.80 bits per heavy atom. The van der Waals surface area contributed by atoms with Crippen molar-refractivity contribution in [1.82, 2.24) is 0 Å². The zero-order chi connectivity index (χ0) is 14.8. The topological polar surface area (TPSA) is 46.2 Å². The van der Waals surface area contributed by atoms with Crippen molar-refractivity contribution in [1.29, 1.82) is 0 Å². The van der Waals surface area contributed by atoms with Gasteiger partial charge >= 0.3 is 0 Å². The van der Waals surface area contributed by atoms with Crippen LogP contribution in [0.5, 0.6) is 0 Å². The molecule has 20 heavy (non-hydrogen) atoms. The summed E-state index contributed by atoms with van der Waals surface area (Å²) in [6, 6.07) is 11.6. The van der Waals surface area contributed by atoms with Gasteiger partial charge in [-0.05, 0) is 36.2 Å². The molecule has 0 aromatic heterocycles. The van der Waals surface area contributed by atoms with Gasteiger partial charge in [-0.25, -0.2) is 8.42 Å². The van der Waals surface area contributed by atoms with Gasteiger partial charge in [0.2, 0.25) is 0 Å². The predicted octanol–water partition coefficient (Wildman–Crippen LogP) is 4.36. The highest BCUT2D eigenvalue weighted by Crippen LogP contribution is 2.27. The third-order valence-electron chi connectivity index (χ3n) is 2.83. The second kappa shape index (κ2) is 6.04. The number of rotatable bonds is 4. The van der Waals surface area contributed by atoms with Gasteiger partial charge in [0.15, 0.2) is 0 Å². The van der Waals surface area contributed by atoms with Crippen molar-refractivity contribution in [3.63, 3.8) is 0 Å². The summed E-state index contributed by atoms with van der Waals surface area (Å²) in [5.41, 5.74) is 1.46. The maximum Gasteiger partial charge on any atom is 0.263 e. The van der Waals surface area contributed by atoms with E-state index >= 15 is 0 Å². The van der Waals surface area contributed by atoms with Crippen molar-refractivity contribution in [3.8, 4) is 0 Å². The van der Waals surface area contributed by atoms with E-state index in [-0.39, 0.29) is 9.92 Å². The zero-order valence-corrected chi connectivity index (χ0v) is 13.1. The Labute approximate surface area is 128 Å². The fourth-order valence-corrected chi connectivity index (χ4v) is 3.68. The van der Waals surface area contributed by atoms with E-state index < -0.39 is 10.0 Å². The monoisotopic (exact) mass is 329 g/mol. The lowest BCUT2D eigenvalue weighted by molar-refractivity contribution is 0.601. The lowest BCUT2D eigenvalue weighted by Gasteiger charge is -2.12. The van der Waals surface area contributed by atoms with Crippen LogP contribution < -0.4 is 4.72 Å². The van der Waals surface area contributed by atoms with Crippen LogP contribution >= 0.6 is 23.2 Å². The van der Waals surface area contributed by atoms with Crippen LogP contribution in [0, 0.1) is 0 Å². The Bertz CT molecular complexity index is 730. The van der Waals surface area contributed by atoms with E-state index in [2.05, 4.69) is 4.72 Å². The van der Waals surface area contributed by atoms with Crippen LogP contribution in [0.1, 0.15) is 12.5 Å². The summed E-state index contributed by atoms with van der Waals surface area (Å²) < 4.78 is 27.3. The van der Waals surface area contributed by atoms with Gasteiger partial charge in [0.05, 0.1) is 10.7 Å². The van der Waals surface area contributed by atoms with Crippen LogP contribution in [0.2, 0.25) is 10.0 Å². The Morgan fingerprint density at radius 3 is 2.50 bits per heavy atom. The van der Waals surface area contributed by atoms with Crippen molar-refractivity contribution in [2.24, 2.45) is 0 Å². The highest BCUT2D eigenvalue weighted by atomic mass is 35.5. The summed E-state index contributed by atoms with van der Waals surface area (Å²) >= 11 is 11.8. The van der Waals surface area contributed by atoms with Gasteiger partial charge in [-0.2, -0.15) is 0 Å². The molecule has 0 bridgehead atoms. The number of anilines is 1. The molecular weight excluding hydrogens is 317 g/mol. The van der Waals surface area contributed by atoms with E-state index in [0.717, 1.165) is 12.0 Å². The normalized spacial score (nSPS) is 11.3. The van der Waals surface area contributed by atoms with Crippen LogP contribution in [0.3, 0.4) is 0 Å². The smallest absolute Gasteiger partial charge is 0.263 e. The van der Waals surface area contributed by atoms with E-state index in [9.17, 15) is 8.42 Å². The molecule has 0 radical (unpaired) electrons. The first-order valence-electron chi connectivity index (χ1n) is 6.00. The van der Waals surface area contributed by atoms with Crippen molar-refractivity contribution >= 4 is 38.9 Å². The first-order chi connectivity index (χ1) is 9.44. The fourth-order valence-electron chi connectivity index (χ4n) is 1.81. The molecule has 1 N–H and O–H groups in total. The van der Waals surface area contributed by atoms with Gasteiger partial charge in [-0.15, -0.1) is 0 Å². The Balaban J connectivity index is 2.43. The molecule has 0 saturated carbocycles. The van der Waals surface area contributed by atoms with E-state index in [1.54, 1.807) is 18.2 Å². The summed E-state index contributed by atoms with van der Waals surface area (Å²) in [6.45, 7) is 1.96. The first kappa shape index (κ1) is 15.2. The molecule has 0 heterocycles. The van der Waals surface area contributed by atoms with E-state index in [4.69, 9.17) is 23.2 Å². The minimum Gasteiger partial charge on any atom is -0.279 e. The van der Waals surface area contributed by atoms with Gasteiger partial charge in [0.25, 0.3) is 10.0 Å². The van der Waals surface area contributed by atoms with Gasteiger partial charge in [0.1, 0.15) is 4.90 Å². The number of hydrogen-bond donors (Lipinski definition) is 1. The predicted molar refractivity (Wildman–Crippen MR) is 83.1 cm³/mol. The molecule has 0 aliphatic heterocycles. The number of nitrogens with one attached hydrogen (secondary N) is 1. The van der Waals surface area contributed by atoms with Crippen LogP contribution in [0.25, 0.3) is 0 Å². The largest absolute Gasteiger partial charge is 0.279 e. The molecule has 2 aromatic carbocycles. The van der Waals surface area contributed by atoms with E-state index in [0.29, 0.717) is 10.7 Å². The quantitative estimate of drug-likeness (QED) is 0.905. The highest BCUT2D eigenvalue weighted by Gasteiger charge is 2.19. The SMILES string of the molecule is CCc1ccccc1NS(=O)(=O)c1cc(Cl)ccc1Cl. The molecule has 2 rings (SSSR count). The molecule has 0 aliphatic carbocycles. The zero-order valence-electron chi connectivity index (χ0n) is 10.7. The Hall–Kier alpha value is -1.23. The second-order valence-electron chi connectivity index (χ2n) is 4.19. The molecule has 106 valence electrons. The van der Waals surface area contributed by atoms with Crippen LogP contribution in [-0.4, -0.2) is 8.42 Å². The average molecular weight is 330 g/mol. The number of aryl methyl sites for hydroxylation is 1. The molecular formula is C14H13Cl2NO2S. The van der Waals surface area contributed by atoms with Crippen LogP contribution in [-0.2, 0) is 16.4 Å². The standard InChI is InChI=1S/C14H13Cl2NO2S/c1-2-10-5-3-4-6-13(10)17-20(18,19)14-9-11(15)7-8-12(14)16/h3-9,17H,2H2,1H3. The molecule has 0 spiro atoms. The van der Waals surface area contributed by atoms with Gasteiger partial charge in [-0.1, -0.05) is 48.3 Å². The second-order valence-corrected chi connectivity index (χ2v) is 6.69. The Kier molecular flexibility index (Phi) is 4.58. The van der Waals surface area contributed by atoms with Crippen LogP contribution in [0.15, 0.2) is 47.4 Å². The third-order valence-corrected chi connectivity index (χ3v) is 4.91. The minimum atomic E-state index is -3.77. The number of halogens is 2. The average Bonchev–Trinajstić information content (AvgIpc) is 2.41. The number of sulfonamides is 1. The van der Waals surface area contributed by atoms with Gasteiger partial charge in [-0.3, -0.25) is 4.72 Å². The summed E-state index contributed by atoms with van der Waals surface area (Å²) in [4.78, 5) is -0.0300. The molecule has 3 nitrogen and oxygen atoms in total. The lowest BCUT2D eigenvalue weighted by Crippen LogP contribution is -2.14. The maximum atomic E-state index is 12.4. The minimum absolute atomic E-state index is 0.0300. The molecule has 0 unspecified atom stereocenters. The third kappa shape index (κ3) is 3.26. The molecule has 0 fully saturated rings. The van der Waals surface area contributed by atoms with Crippen LogP contribution in [0.4, 0.5) is 5.69 Å². The molecule has 0 aliphatic rings.